The van der Waals surface area contributed by atoms with Crippen molar-refractivity contribution in [3.05, 3.63) is 77.4 Å². The van der Waals surface area contributed by atoms with Crippen molar-refractivity contribution >= 4 is 32.8 Å². The van der Waals surface area contributed by atoms with Crippen LogP contribution in [-0.2, 0) is 16.4 Å². The number of rotatable bonds is 6. The van der Waals surface area contributed by atoms with E-state index in [0.29, 0.717) is 22.0 Å². The Kier molecular flexibility index (Phi) is 7.10. The highest BCUT2D eigenvalue weighted by Gasteiger charge is 2.26. The lowest BCUT2D eigenvalue weighted by Crippen LogP contribution is -2.43. The first-order valence-electron chi connectivity index (χ1n) is 12.2. The van der Waals surface area contributed by atoms with Crippen LogP contribution in [0.25, 0.3) is 26.7 Å². The van der Waals surface area contributed by atoms with Crippen LogP contribution in [0.3, 0.4) is 0 Å². The second-order valence-electron chi connectivity index (χ2n) is 9.65. The van der Waals surface area contributed by atoms with Crippen molar-refractivity contribution in [2.75, 3.05) is 6.26 Å². The minimum absolute atomic E-state index is 0.322. The monoisotopic (exact) mass is 539 g/mol. The first kappa shape index (κ1) is 25.2. The van der Waals surface area contributed by atoms with Crippen molar-refractivity contribution < 1.29 is 8.42 Å². The maximum absolute atomic E-state index is 12.1. The topological polar surface area (TPSA) is 55.2 Å². The lowest BCUT2D eigenvalue weighted by Gasteiger charge is -2.38. The van der Waals surface area contributed by atoms with E-state index >= 15 is 0 Å². The van der Waals surface area contributed by atoms with Gasteiger partial charge >= 0.3 is 0 Å². The molecule has 3 heterocycles. The van der Waals surface area contributed by atoms with Crippen LogP contribution < -0.4 is 0 Å². The summed E-state index contributed by atoms with van der Waals surface area (Å²) >= 11 is 8.22. The van der Waals surface area contributed by atoms with Crippen molar-refractivity contribution in [2.24, 2.45) is 0 Å². The van der Waals surface area contributed by atoms with E-state index in [1.807, 2.05) is 41.1 Å². The minimum atomic E-state index is -3.27. The molecule has 5 rings (SSSR count). The van der Waals surface area contributed by atoms with E-state index in [0.717, 1.165) is 38.9 Å². The Morgan fingerprint density at radius 1 is 0.972 bits per heavy atom. The Labute approximate surface area is 222 Å². The number of nitrogens with zero attached hydrogens (tertiary/aromatic N) is 3. The number of halogens is 1. The summed E-state index contributed by atoms with van der Waals surface area (Å²) in [5.41, 5.74) is 3.72. The fourth-order valence-electron chi connectivity index (χ4n) is 4.97. The zero-order valence-electron chi connectivity index (χ0n) is 20.7. The van der Waals surface area contributed by atoms with Gasteiger partial charge in [0.15, 0.2) is 9.84 Å². The van der Waals surface area contributed by atoms with Gasteiger partial charge in [-0.1, -0.05) is 42.3 Å². The smallest absolute Gasteiger partial charge is 0.175 e. The maximum atomic E-state index is 12.1. The number of sulfone groups is 1. The highest BCUT2D eigenvalue weighted by molar-refractivity contribution is 7.90. The summed E-state index contributed by atoms with van der Waals surface area (Å²) in [4.78, 5) is 4.92. The van der Waals surface area contributed by atoms with Crippen LogP contribution >= 0.6 is 22.9 Å². The van der Waals surface area contributed by atoms with Gasteiger partial charge in [0.2, 0.25) is 0 Å². The highest BCUT2D eigenvalue weighted by Crippen LogP contribution is 2.37. The zero-order chi connectivity index (χ0) is 25.4. The van der Waals surface area contributed by atoms with Crippen molar-refractivity contribution in [3.8, 4) is 26.7 Å². The number of benzene rings is 2. The van der Waals surface area contributed by atoms with E-state index in [1.54, 1.807) is 29.5 Å². The van der Waals surface area contributed by atoms with Crippen molar-refractivity contribution in [2.45, 2.75) is 56.6 Å². The Hall–Kier alpha value is -2.45. The van der Waals surface area contributed by atoms with Crippen molar-refractivity contribution in [1.82, 2.24) is 14.7 Å². The molecular formula is C28H30ClN3O2S2. The number of aromatic nitrogens is 2. The molecule has 0 unspecified atom stereocenters. The van der Waals surface area contributed by atoms with Gasteiger partial charge in [-0.2, -0.15) is 5.10 Å². The Morgan fingerprint density at radius 2 is 1.69 bits per heavy atom. The van der Waals surface area contributed by atoms with E-state index in [1.165, 1.54) is 25.5 Å². The molecule has 36 heavy (non-hydrogen) atoms. The predicted octanol–water partition coefficient (Wildman–Crippen LogP) is 7.09. The molecule has 1 aliphatic rings. The summed E-state index contributed by atoms with van der Waals surface area (Å²) in [6.07, 6.45) is 4.93. The fraction of sp³-hybridized carbons (Fsp3) is 0.321. The summed E-state index contributed by atoms with van der Waals surface area (Å²) in [5, 5.41) is 5.67. The molecule has 188 valence electrons. The molecule has 0 amide bonds. The number of likely N-dealkylation sites (tertiary alicyclic amines) is 1. The number of thiophene rings is 1. The molecule has 8 heteroatoms. The van der Waals surface area contributed by atoms with E-state index in [-0.39, 0.29) is 0 Å². The summed E-state index contributed by atoms with van der Waals surface area (Å²) in [5.74, 6) is 0. The second-order valence-corrected chi connectivity index (χ2v) is 13.2. The van der Waals surface area contributed by atoms with Crippen LogP contribution in [0.1, 0.15) is 38.8 Å². The largest absolute Gasteiger partial charge is 0.292 e. The van der Waals surface area contributed by atoms with Crippen LogP contribution in [0.5, 0.6) is 0 Å². The molecule has 1 saturated heterocycles. The molecule has 5 nitrogen and oxygen atoms in total. The van der Waals surface area contributed by atoms with Crippen LogP contribution in [-0.4, -0.2) is 41.4 Å². The first-order valence-corrected chi connectivity index (χ1v) is 15.3. The maximum Gasteiger partial charge on any atom is 0.175 e. The van der Waals surface area contributed by atoms with Crippen LogP contribution in [0, 0.1) is 0 Å². The first-order chi connectivity index (χ1) is 17.2. The molecule has 0 spiro atoms. The molecule has 4 aromatic rings. The van der Waals surface area contributed by atoms with Gasteiger partial charge in [0.1, 0.15) is 0 Å². The van der Waals surface area contributed by atoms with Crippen LogP contribution in [0.4, 0.5) is 0 Å². The second kappa shape index (κ2) is 10.1. The molecule has 0 radical (unpaired) electrons. The third-order valence-corrected chi connectivity index (χ3v) is 9.55. The predicted molar refractivity (Wildman–Crippen MR) is 149 cm³/mol. The van der Waals surface area contributed by atoms with Gasteiger partial charge in [-0.15, -0.1) is 11.3 Å². The molecule has 1 fully saturated rings. The number of piperidine rings is 1. The lowest BCUT2D eigenvalue weighted by atomic mass is 9.97. The summed E-state index contributed by atoms with van der Waals surface area (Å²) in [6.45, 7) is 5.40. The van der Waals surface area contributed by atoms with Crippen molar-refractivity contribution in [1.29, 1.82) is 0 Å². The van der Waals surface area contributed by atoms with Crippen molar-refractivity contribution in [3.63, 3.8) is 0 Å². The molecule has 0 saturated carbocycles. The molecule has 1 aliphatic heterocycles. The van der Waals surface area contributed by atoms with Gasteiger partial charge in [-0.25, -0.2) is 13.1 Å². The summed E-state index contributed by atoms with van der Waals surface area (Å²) < 4.78 is 26.1. The SMILES string of the molecule is C[C@@H]1CCC[C@H](C)N1Cc1cc(-c2ccc(-c3cccc(S(C)(=O)=O)c3)s2)n(-c2ccccc2Cl)n1. The molecule has 2 aromatic carbocycles. The fourth-order valence-corrected chi connectivity index (χ4v) is 6.86. The highest BCUT2D eigenvalue weighted by atomic mass is 35.5. The summed E-state index contributed by atoms with van der Waals surface area (Å²) in [7, 11) is -3.27. The van der Waals surface area contributed by atoms with Gasteiger partial charge < -0.3 is 0 Å². The van der Waals surface area contributed by atoms with Gasteiger partial charge in [-0.05, 0) is 74.7 Å². The third kappa shape index (κ3) is 5.16. The van der Waals surface area contributed by atoms with Gasteiger partial charge in [0, 0.05) is 29.8 Å². The third-order valence-electron chi connectivity index (χ3n) is 6.97. The molecule has 0 aliphatic carbocycles. The quantitative estimate of drug-likeness (QED) is 0.262. The molecule has 0 bridgehead atoms. The Balaban J connectivity index is 1.55. The summed E-state index contributed by atoms with van der Waals surface area (Å²) in [6, 6.07) is 22.2. The minimum Gasteiger partial charge on any atom is -0.292 e. The Bertz CT molecular complexity index is 1480. The van der Waals surface area contributed by atoms with Gasteiger partial charge in [0.05, 0.1) is 31.9 Å². The average Bonchev–Trinajstić information content (AvgIpc) is 3.49. The number of hydrogen-bond donors (Lipinski definition) is 0. The van der Waals surface area contributed by atoms with E-state index in [9.17, 15) is 8.42 Å². The lowest BCUT2D eigenvalue weighted by molar-refractivity contribution is 0.0937. The van der Waals surface area contributed by atoms with Gasteiger partial charge in [-0.3, -0.25) is 4.90 Å². The van der Waals surface area contributed by atoms with E-state index < -0.39 is 9.84 Å². The number of hydrogen-bond acceptors (Lipinski definition) is 5. The zero-order valence-corrected chi connectivity index (χ0v) is 23.1. The molecule has 2 atom stereocenters. The van der Waals surface area contributed by atoms with Crippen LogP contribution in [0.15, 0.2) is 71.6 Å². The molecular weight excluding hydrogens is 510 g/mol. The standard InChI is InChI=1S/C28H30ClN3O2S2/c1-19-8-6-9-20(2)31(19)18-22-17-26(32(30-22)25-13-5-4-12-24(25)29)28-15-14-27(35-28)21-10-7-11-23(16-21)36(3,33)34/h4-5,7,10-17,19-20H,6,8-9,18H2,1-3H3/t19-,20+. The number of para-hydroxylation sites is 1. The van der Waals surface area contributed by atoms with E-state index in [4.69, 9.17) is 16.7 Å². The Morgan fingerprint density at radius 3 is 2.42 bits per heavy atom. The van der Waals surface area contributed by atoms with E-state index in [2.05, 4.69) is 30.9 Å². The van der Waals surface area contributed by atoms with Crippen LogP contribution in [0.2, 0.25) is 5.02 Å². The van der Waals surface area contributed by atoms with Gasteiger partial charge in [0.25, 0.3) is 0 Å². The molecule has 2 aromatic heterocycles. The molecule has 0 N–H and O–H groups in total. The average molecular weight is 540 g/mol. The normalized spacial score (nSPS) is 19.0.